The molecule has 5 rings (SSSR count). The number of rotatable bonds is 8. The summed E-state index contributed by atoms with van der Waals surface area (Å²) in [6.07, 6.45) is 3.18. The number of tetrazole rings is 1. The van der Waals surface area contributed by atoms with E-state index in [1.54, 1.807) is 7.05 Å². The van der Waals surface area contributed by atoms with Gasteiger partial charge in [0.15, 0.2) is 31.2 Å². The highest BCUT2D eigenvalue weighted by Crippen LogP contribution is 2.35. The predicted octanol–water partition coefficient (Wildman–Crippen LogP) is 0.479. The number of anilines is 1. The number of β-lactam (4-membered cyclic amide) rings is 1. The first-order valence-corrected chi connectivity index (χ1v) is 11.5. The molecule has 0 saturated carbocycles. The highest BCUT2D eigenvalue weighted by molar-refractivity contribution is 7.99. The Labute approximate surface area is 204 Å². The van der Waals surface area contributed by atoms with Gasteiger partial charge in [-0.15, -0.1) is 5.10 Å². The summed E-state index contributed by atoms with van der Waals surface area (Å²) < 4.78 is 9.40. The molecule has 2 aromatic heterocycles. The van der Waals surface area contributed by atoms with E-state index in [9.17, 15) is 14.7 Å². The van der Waals surface area contributed by atoms with E-state index in [1.165, 1.54) is 26.9 Å². The molecule has 3 aromatic rings. The zero-order valence-electron chi connectivity index (χ0n) is 18.7. The first-order valence-electron chi connectivity index (χ1n) is 10.6. The van der Waals surface area contributed by atoms with Crippen molar-refractivity contribution in [1.82, 2.24) is 25.1 Å². The normalized spacial score (nSPS) is 19.0. The number of carboxylic acids is 1. The van der Waals surface area contributed by atoms with Crippen molar-refractivity contribution < 1.29 is 29.5 Å². The van der Waals surface area contributed by atoms with E-state index in [-0.39, 0.29) is 23.7 Å². The number of carbonyl (C=O) groups excluding carboxylic acids is 1. The molecule has 1 saturated heterocycles. The number of benzene rings is 1. The van der Waals surface area contributed by atoms with Gasteiger partial charge >= 0.3 is 5.97 Å². The van der Waals surface area contributed by atoms with Crippen molar-refractivity contribution in [2.24, 2.45) is 7.05 Å². The number of aryl methyl sites for hydroxylation is 1. The van der Waals surface area contributed by atoms with Gasteiger partial charge in [0.1, 0.15) is 5.70 Å². The Morgan fingerprint density at radius 3 is 2.66 bits per heavy atom. The molecule has 13 heteroatoms. The van der Waals surface area contributed by atoms with Crippen LogP contribution in [0.5, 0.6) is 0 Å². The third-order valence-electron chi connectivity index (χ3n) is 5.63. The molecule has 0 aliphatic carbocycles. The lowest BCUT2D eigenvalue weighted by molar-refractivity contribution is -0.688. The van der Waals surface area contributed by atoms with E-state index in [0.717, 1.165) is 12.2 Å². The lowest BCUT2D eigenvalue weighted by atomic mass is 9.99. The van der Waals surface area contributed by atoms with Crippen LogP contribution in [-0.2, 0) is 27.9 Å². The maximum atomic E-state index is 12.9. The smallest absolute Gasteiger partial charge is 0.352 e. The number of ether oxygens (including phenoxy) is 1. The highest BCUT2D eigenvalue weighted by Gasteiger charge is 2.54. The molecule has 0 radical (unpaired) electrons. The van der Waals surface area contributed by atoms with Gasteiger partial charge in [-0.3, -0.25) is 9.69 Å². The summed E-state index contributed by atoms with van der Waals surface area (Å²) in [4.78, 5) is 26.1. The summed E-state index contributed by atoms with van der Waals surface area (Å²) in [6, 6.07) is 13.2. The standard InChI is InChI=1S/C22H21N7O4S.H2O/c1-27-22(24-25-26-27)34-13-15-12-33-20-17(19(30)29(20)18(15)21(31)32)23-16-7-9-28(10-8-16)11-14-5-3-2-4-6-14;/h2-10,17,20H,11-13H2,1H3,(H,31,32);1H2/t17-,20?;/m0./s1. The van der Waals surface area contributed by atoms with Gasteiger partial charge in [0.25, 0.3) is 5.91 Å². The minimum Gasteiger partial charge on any atom is -0.870 e. The van der Waals surface area contributed by atoms with Gasteiger partial charge < -0.3 is 20.6 Å². The fourth-order valence-electron chi connectivity index (χ4n) is 3.92. The zero-order chi connectivity index (χ0) is 23.7. The van der Waals surface area contributed by atoms with Crippen LogP contribution in [0, 0.1) is 0 Å². The van der Waals surface area contributed by atoms with E-state index in [0.29, 0.717) is 16.5 Å². The molecule has 12 nitrogen and oxygen atoms in total. The summed E-state index contributed by atoms with van der Waals surface area (Å²) in [7, 11) is 1.70. The van der Waals surface area contributed by atoms with Crippen LogP contribution >= 0.6 is 11.8 Å². The number of hydrogen-bond acceptors (Lipinski definition) is 9. The number of carbonyl (C=O) groups is 2. The van der Waals surface area contributed by atoms with Crippen LogP contribution < -0.4 is 9.88 Å². The van der Waals surface area contributed by atoms with Gasteiger partial charge in [0, 0.05) is 36.2 Å². The first kappa shape index (κ1) is 24.3. The Hall–Kier alpha value is -3.81. The molecule has 182 valence electrons. The number of carboxylic acid groups (broad SMARTS) is 1. The molecule has 3 N–H and O–H groups in total. The van der Waals surface area contributed by atoms with Gasteiger partial charge in [-0.25, -0.2) is 14.0 Å². The van der Waals surface area contributed by atoms with Crippen molar-refractivity contribution in [2.45, 2.75) is 24.0 Å². The number of hydrogen-bond donors (Lipinski definition) is 2. The SMILES string of the molecule is Cn1nnnc1SCC1=C(C(=O)O)N2C(=O)[C@H](Nc3cc[n+](Cc4ccccc4)cc3)C2OC1.[OH-]. The minimum atomic E-state index is -1.16. The summed E-state index contributed by atoms with van der Waals surface area (Å²) in [5.74, 6) is -1.20. The molecule has 2 atom stereocenters. The van der Waals surface area contributed by atoms with Crippen molar-refractivity contribution >= 4 is 29.3 Å². The van der Waals surface area contributed by atoms with Crippen molar-refractivity contribution in [2.75, 3.05) is 17.7 Å². The van der Waals surface area contributed by atoms with Crippen LogP contribution in [0.25, 0.3) is 0 Å². The molecule has 1 amide bonds. The largest absolute Gasteiger partial charge is 0.870 e. The van der Waals surface area contributed by atoms with Crippen LogP contribution in [0.1, 0.15) is 5.56 Å². The van der Waals surface area contributed by atoms with Crippen molar-refractivity contribution in [3.05, 3.63) is 71.7 Å². The third-order valence-corrected chi connectivity index (χ3v) is 6.72. The third kappa shape index (κ3) is 4.87. The van der Waals surface area contributed by atoms with Crippen LogP contribution in [0.15, 0.2) is 71.3 Å². The summed E-state index contributed by atoms with van der Waals surface area (Å²) >= 11 is 1.28. The highest BCUT2D eigenvalue weighted by atomic mass is 32.2. The molecule has 35 heavy (non-hydrogen) atoms. The van der Waals surface area contributed by atoms with Crippen molar-refractivity contribution in [3.8, 4) is 0 Å². The van der Waals surface area contributed by atoms with E-state index in [4.69, 9.17) is 4.74 Å². The molecule has 1 fully saturated rings. The van der Waals surface area contributed by atoms with Crippen LogP contribution in [-0.4, -0.2) is 72.2 Å². The number of nitrogens with zero attached hydrogens (tertiary/aromatic N) is 6. The first-order chi connectivity index (χ1) is 16.5. The molecular formula is C22H23N7O5S. The minimum absolute atomic E-state index is 0. The molecule has 2 aliphatic heterocycles. The Morgan fingerprint density at radius 1 is 1.26 bits per heavy atom. The van der Waals surface area contributed by atoms with Gasteiger partial charge in [-0.05, 0) is 16.0 Å². The molecule has 2 aliphatic rings. The molecular weight excluding hydrogens is 474 g/mol. The molecule has 1 aromatic carbocycles. The molecule has 1 unspecified atom stereocenters. The Balaban J connectivity index is 0.00000289. The number of nitrogens with one attached hydrogen (secondary N) is 1. The second-order valence-electron chi connectivity index (χ2n) is 7.91. The van der Waals surface area contributed by atoms with Gasteiger partial charge in [-0.1, -0.05) is 42.1 Å². The van der Waals surface area contributed by atoms with E-state index < -0.39 is 18.2 Å². The molecule has 4 heterocycles. The van der Waals surface area contributed by atoms with Crippen LogP contribution in [0.3, 0.4) is 0 Å². The number of amides is 1. The lowest BCUT2D eigenvalue weighted by Gasteiger charge is -2.49. The number of pyridine rings is 1. The van der Waals surface area contributed by atoms with Gasteiger partial charge in [0.05, 0.1) is 6.61 Å². The average Bonchev–Trinajstić information content (AvgIpc) is 3.26. The number of thioether (sulfide) groups is 1. The maximum absolute atomic E-state index is 12.9. The zero-order valence-corrected chi connectivity index (χ0v) is 19.5. The fourth-order valence-corrected chi connectivity index (χ4v) is 4.76. The Kier molecular flexibility index (Phi) is 7.10. The van der Waals surface area contributed by atoms with Crippen LogP contribution in [0.2, 0.25) is 0 Å². The fraction of sp³-hybridized carbons (Fsp3) is 0.273. The average molecular weight is 498 g/mol. The van der Waals surface area contributed by atoms with E-state index >= 15 is 0 Å². The second-order valence-corrected chi connectivity index (χ2v) is 8.85. The molecule has 0 bridgehead atoms. The van der Waals surface area contributed by atoms with Gasteiger partial charge in [-0.2, -0.15) is 0 Å². The monoisotopic (exact) mass is 497 g/mol. The summed E-state index contributed by atoms with van der Waals surface area (Å²) in [5.41, 5.74) is 2.41. The Morgan fingerprint density at radius 2 is 2.00 bits per heavy atom. The topological polar surface area (TPSA) is 156 Å². The van der Waals surface area contributed by atoms with Crippen molar-refractivity contribution in [1.29, 1.82) is 0 Å². The number of aromatic nitrogens is 5. The summed E-state index contributed by atoms with van der Waals surface area (Å²) in [6.45, 7) is 0.847. The summed E-state index contributed by atoms with van der Waals surface area (Å²) in [5, 5.41) is 24.7. The Bertz CT molecular complexity index is 1250. The lowest BCUT2D eigenvalue weighted by Crippen LogP contribution is -2.70. The number of aliphatic carboxylic acids is 1. The second kappa shape index (κ2) is 10.2. The van der Waals surface area contributed by atoms with E-state index in [1.807, 2.05) is 47.3 Å². The number of fused-ring (bicyclic) bond motifs is 1. The van der Waals surface area contributed by atoms with Gasteiger partial charge in [0.2, 0.25) is 5.16 Å². The van der Waals surface area contributed by atoms with E-state index in [2.05, 4.69) is 33.0 Å². The predicted molar refractivity (Wildman–Crippen MR) is 122 cm³/mol. The quantitative estimate of drug-likeness (QED) is 0.255. The maximum Gasteiger partial charge on any atom is 0.352 e. The molecule has 0 spiro atoms. The van der Waals surface area contributed by atoms with Crippen molar-refractivity contribution in [3.63, 3.8) is 0 Å². The van der Waals surface area contributed by atoms with Crippen LogP contribution in [0.4, 0.5) is 5.69 Å².